The minimum atomic E-state index is -0.156. The van der Waals surface area contributed by atoms with E-state index in [1.54, 1.807) is 11.3 Å². The maximum Gasteiger partial charge on any atom is 0.315 e. The molecule has 5 nitrogen and oxygen atoms in total. The number of benzene rings is 1. The number of amides is 2. The normalized spacial score (nSPS) is 18.9. The van der Waals surface area contributed by atoms with Crippen LogP contribution in [0.4, 0.5) is 4.79 Å². The van der Waals surface area contributed by atoms with E-state index in [0.29, 0.717) is 6.54 Å². The highest BCUT2D eigenvalue weighted by Crippen LogP contribution is 2.41. The fourth-order valence-electron chi connectivity index (χ4n) is 3.36. The molecular weight excluding hydrogens is 344 g/mol. The molecule has 1 aromatic heterocycles. The van der Waals surface area contributed by atoms with Gasteiger partial charge in [0.15, 0.2) is 0 Å². The Hall–Kier alpha value is -1.95. The van der Waals surface area contributed by atoms with Crippen LogP contribution in [0, 0.1) is 0 Å². The Balaban J connectivity index is 1.61. The van der Waals surface area contributed by atoms with Crippen molar-refractivity contribution in [2.75, 3.05) is 0 Å². The van der Waals surface area contributed by atoms with E-state index in [4.69, 9.17) is 0 Å². The molecule has 0 saturated heterocycles. The molecule has 6 heteroatoms. The summed E-state index contributed by atoms with van der Waals surface area (Å²) in [7, 11) is 0. The van der Waals surface area contributed by atoms with Crippen LogP contribution in [-0.2, 0) is 17.4 Å². The molecule has 3 rings (SSSR count). The minimum absolute atomic E-state index is 0.0171. The minimum Gasteiger partial charge on any atom is -0.332 e. The summed E-state index contributed by atoms with van der Waals surface area (Å²) in [6.45, 7) is 11.3. The van der Waals surface area contributed by atoms with Crippen LogP contribution in [0.1, 0.15) is 74.6 Å². The van der Waals surface area contributed by atoms with Crippen molar-refractivity contribution in [3.63, 3.8) is 0 Å². The molecule has 0 fully saturated rings. The second-order valence-corrected chi connectivity index (χ2v) is 9.70. The first-order valence-corrected chi connectivity index (χ1v) is 9.95. The lowest BCUT2D eigenvalue weighted by Crippen LogP contribution is -2.40. The number of hydrogen-bond acceptors (Lipinski definition) is 4. The number of nitrogens with one attached hydrogen (secondary N) is 2. The zero-order valence-electron chi connectivity index (χ0n) is 16.2. The van der Waals surface area contributed by atoms with Gasteiger partial charge in [-0.3, -0.25) is 0 Å². The van der Waals surface area contributed by atoms with Gasteiger partial charge in [0.1, 0.15) is 10.0 Å². The van der Waals surface area contributed by atoms with Gasteiger partial charge in [0, 0.05) is 5.41 Å². The number of carbonyl (C=O) groups is 1. The van der Waals surface area contributed by atoms with Crippen molar-refractivity contribution < 1.29 is 4.79 Å². The number of aromatic nitrogens is 2. The molecule has 26 heavy (non-hydrogen) atoms. The van der Waals surface area contributed by atoms with E-state index in [2.05, 4.69) is 73.6 Å². The van der Waals surface area contributed by atoms with Crippen LogP contribution in [-0.4, -0.2) is 16.2 Å². The van der Waals surface area contributed by atoms with Crippen LogP contribution in [0.3, 0.4) is 0 Å². The highest BCUT2D eigenvalue weighted by molar-refractivity contribution is 7.11. The van der Waals surface area contributed by atoms with E-state index in [9.17, 15) is 4.79 Å². The Morgan fingerprint density at radius 3 is 2.69 bits per heavy atom. The summed E-state index contributed by atoms with van der Waals surface area (Å²) >= 11 is 1.55. The number of rotatable bonds is 3. The largest absolute Gasteiger partial charge is 0.332 e. The average molecular weight is 373 g/mol. The molecule has 1 unspecified atom stereocenters. The highest BCUT2D eigenvalue weighted by Gasteiger charge is 2.32. The molecule has 2 aromatic rings. The summed E-state index contributed by atoms with van der Waals surface area (Å²) < 4.78 is 0. The second kappa shape index (κ2) is 6.99. The molecule has 0 spiro atoms. The number of urea groups is 1. The number of fused-ring (bicyclic) bond motifs is 1. The van der Waals surface area contributed by atoms with Crippen molar-refractivity contribution >= 4 is 17.4 Å². The number of carbonyl (C=O) groups excluding carboxylic acids is 1. The molecule has 2 amide bonds. The predicted octanol–water partition coefficient (Wildman–Crippen LogP) is 4.45. The van der Waals surface area contributed by atoms with Crippen molar-refractivity contribution in [1.82, 2.24) is 20.8 Å². The van der Waals surface area contributed by atoms with Crippen molar-refractivity contribution in [2.24, 2.45) is 0 Å². The van der Waals surface area contributed by atoms with E-state index in [0.717, 1.165) is 22.9 Å². The van der Waals surface area contributed by atoms with Gasteiger partial charge in [-0.15, -0.1) is 10.2 Å². The van der Waals surface area contributed by atoms with Gasteiger partial charge in [0.05, 0.1) is 12.6 Å². The maximum atomic E-state index is 12.4. The van der Waals surface area contributed by atoms with Gasteiger partial charge in [0.25, 0.3) is 0 Å². The maximum absolute atomic E-state index is 12.4. The molecule has 140 valence electrons. The fraction of sp³-hybridized carbons (Fsp3) is 0.550. The molecule has 1 aromatic carbocycles. The zero-order chi connectivity index (χ0) is 18.9. The molecule has 1 aliphatic carbocycles. The van der Waals surface area contributed by atoms with Gasteiger partial charge in [0.2, 0.25) is 0 Å². The van der Waals surface area contributed by atoms with Crippen LogP contribution < -0.4 is 10.6 Å². The van der Waals surface area contributed by atoms with Gasteiger partial charge < -0.3 is 10.6 Å². The first-order chi connectivity index (χ1) is 12.2. The molecule has 1 atom stereocenters. The molecule has 0 bridgehead atoms. The quantitative estimate of drug-likeness (QED) is 0.836. The van der Waals surface area contributed by atoms with E-state index in [1.807, 2.05) is 6.07 Å². The third kappa shape index (κ3) is 4.06. The van der Waals surface area contributed by atoms with Gasteiger partial charge in [-0.25, -0.2) is 4.79 Å². The van der Waals surface area contributed by atoms with E-state index in [-0.39, 0.29) is 22.9 Å². The van der Waals surface area contributed by atoms with Gasteiger partial charge in [-0.05, 0) is 29.4 Å². The SMILES string of the molecule is CC(C)(C)c1nnc(CNC(=O)NC2CCC(C)(C)c3ccccc32)s1. The average Bonchev–Trinajstić information content (AvgIpc) is 3.05. The molecule has 0 aliphatic heterocycles. The molecule has 0 saturated carbocycles. The van der Waals surface area contributed by atoms with Crippen molar-refractivity contribution in [1.29, 1.82) is 0 Å². The first-order valence-electron chi connectivity index (χ1n) is 9.13. The predicted molar refractivity (Wildman–Crippen MR) is 105 cm³/mol. The van der Waals surface area contributed by atoms with Crippen LogP contribution in [0.25, 0.3) is 0 Å². The summed E-state index contributed by atoms with van der Waals surface area (Å²) in [5.41, 5.74) is 2.69. The molecule has 1 heterocycles. The van der Waals surface area contributed by atoms with Crippen LogP contribution in [0.15, 0.2) is 24.3 Å². The number of hydrogen-bond donors (Lipinski definition) is 2. The smallest absolute Gasteiger partial charge is 0.315 e. The van der Waals surface area contributed by atoms with Crippen molar-refractivity contribution in [2.45, 2.75) is 70.9 Å². The van der Waals surface area contributed by atoms with Gasteiger partial charge in [-0.2, -0.15) is 0 Å². The summed E-state index contributed by atoms with van der Waals surface area (Å²) in [4.78, 5) is 12.4. The standard InChI is InChI=1S/C20H28N4OS/c1-19(2,3)17-24-23-16(26-17)12-21-18(25)22-15-10-11-20(4,5)14-9-7-6-8-13(14)15/h6-9,15H,10-12H2,1-5H3,(H2,21,22,25). The molecule has 1 aliphatic rings. The second-order valence-electron chi connectivity index (χ2n) is 8.64. The fourth-order valence-corrected chi connectivity index (χ4v) is 4.19. The summed E-state index contributed by atoms with van der Waals surface area (Å²) in [5, 5.41) is 16.3. The highest BCUT2D eigenvalue weighted by atomic mass is 32.1. The van der Waals surface area contributed by atoms with E-state index < -0.39 is 0 Å². The third-order valence-electron chi connectivity index (χ3n) is 4.94. The monoisotopic (exact) mass is 372 g/mol. The zero-order valence-corrected chi connectivity index (χ0v) is 17.0. The lowest BCUT2D eigenvalue weighted by Gasteiger charge is -2.37. The Morgan fingerprint density at radius 2 is 2.00 bits per heavy atom. The lowest BCUT2D eigenvalue weighted by molar-refractivity contribution is 0.233. The first kappa shape index (κ1) is 18.8. The molecular formula is C20H28N4OS. The summed E-state index contributed by atoms with van der Waals surface area (Å²) in [6.07, 6.45) is 2.00. The number of nitrogens with zero attached hydrogens (tertiary/aromatic N) is 2. The Labute approximate surface area is 159 Å². The topological polar surface area (TPSA) is 66.9 Å². The molecule has 0 radical (unpaired) electrons. The summed E-state index contributed by atoms with van der Waals surface area (Å²) in [5.74, 6) is 0. The van der Waals surface area contributed by atoms with Gasteiger partial charge in [-0.1, -0.05) is 70.2 Å². The third-order valence-corrected chi connectivity index (χ3v) is 6.29. The van der Waals surface area contributed by atoms with Crippen LogP contribution in [0.5, 0.6) is 0 Å². The van der Waals surface area contributed by atoms with E-state index >= 15 is 0 Å². The Morgan fingerprint density at radius 1 is 1.27 bits per heavy atom. The van der Waals surface area contributed by atoms with Crippen LogP contribution >= 0.6 is 11.3 Å². The van der Waals surface area contributed by atoms with Crippen molar-refractivity contribution in [3.05, 3.63) is 45.4 Å². The van der Waals surface area contributed by atoms with Crippen molar-refractivity contribution in [3.8, 4) is 0 Å². The lowest BCUT2D eigenvalue weighted by atomic mass is 9.71. The Kier molecular flexibility index (Phi) is 5.06. The van der Waals surface area contributed by atoms with Gasteiger partial charge >= 0.3 is 6.03 Å². The van der Waals surface area contributed by atoms with Crippen LogP contribution in [0.2, 0.25) is 0 Å². The molecule has 2 N–H and O–H groups in total. The summed E-state index contributed by atoms with van der Waals surface area (Å²) in [6, 6.07) is 8.32. The van der Waals surface area contributed by atoms with E-state index in [1.165, 1.54) is 11.1 Å². The Bertz CT molecular complexity index is 791.